The average molecular weight is 221 g/mol. The third-order valence-electron chi connectivity index (χ3n) is 2.25. The first-order valence-electron chi connectivity index (χ1n) is 4.84. The summed E-state index contributed by atoms with van der Waals surface area (Å²) >= 11 is 1.67. The normalized spacial score (nSPS) is 9.73. The molecule has 0 saturated heterocycles. The lowest BCUT2D eigenvalue weighted by molar-refractivity contribution is 0.404. The summed E-state index contributed by atoms with van der Waals surface area (Å²) in [4.78, 5) is 1.12. The third kappa shape index (κ3) is 3.17. The quantitative estimate of drug-likeness (QED) is 0.577. The molecule has 0 atom stereocenters. The van der Waals surface area contributed by atoms with E-state index in [1.807, 2.05) is 6.07 Å². The van der Waals surface area contributed by atoms with Gasteiger partial charge in [0.1, 0.15) is 5.75 Å². The number of aryl methyl sites for hydroxylation is 2. The van der Waals surface area contributed by atoms with Gasteiger partial charge in [0.25, 0.3) is 0 Å². The molecule has 0 aliphatic heterocycles. The molecule has 1 aromatic rings. The van der Waals surface area contributed by atoms with Gasteiger partial charge in [-0.15, -0.1) is 11.8 Å². The summed E-state index contributed by atoms with van der Waals surface area (Å²) in [6, 6.07) is 6.31. The minimum atomic E-state index is 0.570. The molecule has 3 heteroatoms. The Bertz CT molecular complexity index is 382. The topological polar surface area (TPSA) is 33.0 Å². The Morgan fingerprint density at radius 1 is 1.33 bits per heavy atom. The van der Waals surface area contributed by atoms with E-state index in [1.165, 1.54) is 11.1 Å². The van der Waals surface area contributed by atoms with Gasteiger partial charge in [0, 0.05) is 17.1 Å². The second kappa shape index (κ2) is 5.67. The maximum atomic E-state index is 8.47. The van der Waals surface area contributed by atoms with Crippen LogP contribution in [-0.4, -0.2) is 12.9 Å². The summed E-state index contributed by atoms with van der Waals surface area (Å²) in [5, 5.41) is 8.47. The van der Waals surface area contributed by atoms with Gasteiger partial charge in [-0.3, -0.25) is 0 Å². The number of ether oxygens (including phenoxy) is 1. The van der Waals surface area contributed by atoms with Gasteiger partial charge in [-0.1, -0.05) is 0 Å². The molecule has 0 bridgehead atoms. The maximum absolute atomic E-state index is 8.47. The average Bonchev–Trinajstić information content (AvgIpc) is 2.23. The van der Waals surface area contributed by atoms with Gasteiger partial charge < -0.3 is 4.74 Å². The van der Waals surface area contributed by atoms with E-state index < -0.39 is 0 Å². The standard InChI is InChI=1S/C12H15NOS/c1-9-7-11(14-3)12(8-10(9)2)15-6-4-5-13/h7-8H,4,6H2,1-3H3. The predicted molar refractivity (Wildman–Crippen MR) is 63.4 cm³/mol. The molecule has 0 heterocycles. The zero-order chi connectivity index (χ0) is 11.3. The number of hydrogen-bond acceptors (Lipinski definition) is 3. The molecule has 0 aromatic heterocycles. The number of thioether (sulfide) groups is 1. The smallest absolute Gasteiger partial charge is 0.132 e. The number of rotatable bonds is 4. The molecule has 0 N–H and O–H groups in total. The Balaban J connectivity index is 2.86. The van der Waals surface area contributed by atoms with Gasteiger partial charge in [-0.2, -0.15) is 5.26 Å². The van der Waals surface area contributed by atoms with Gasteiger partial charge >= 0.3 is 0 Å². The van der Waals surface area contributed by atoms with Crippen LogP contribution in [0.1, 0.15) is 17.5 Å². The third-order valence-corrected chi connectivity index (χ3v) is 3.29. The van der Waals surface area contributed by atoms with E-state index in [0.717, 1.165) is 16.4 Å². The Morgan fingerprint density at radius 3 is 2.60 bits per heavy atom. The molecule has 0 aliphatic carbocycles. The van der Waals surface area contributed by atoms with Crippen molar-refractivity contribution >= 4 is 11.8 Å². The second-order valence-corrected chi connectivity index (χ2v) is 4.48. The lowest BCUT2D eigenvalue weighted by Gasteiger charge is -2.10. The van der Waals surface area contributed by atoms with Crippen molar-refractivity contribution in [2.75, 3.05) is 12.9 Å². The van der Waals surface area contributed by atoms with Crippen LogP contribution in [0.15, 0.2) is 17.0 Å². The van der Waals surface area contributed by atoms with Gasteiger partial charge in [0.05, 0.1) is 13.2 Å². The number of benzene rings is 1. The molecule has 0 fully saturated rings. The number of methoxy groups -OCH3 is 1. The zero-order valence-electron chi connectivity index (χ0n) is 9.33. The highest BCUT2D eigenvalue weighted by molar-refractivity contribution is 7.99. The highest BCUT2D eigenvalue weighted by atomic mass is 32.2. The summed E-state index contributed by atoms with van der Waals surface area (Å²) in [5.74, 6) is 1.72. The molecule has 0 unspecified atom stereocenters. The van der Waals surface area contributed by atoms with E-state index in [1.54, 1.807) is 18.9 Å². The molecule has 0 amide bonds. The number of hydrogen-bond donors (Lipinski definition) is 0. The van der Waals surface area contributed by atoms with Crippen LogP contribution in [-0.2, 0) is 0 Å². The van der Waals surface area contributed by atoms with Crippen molar-refractivity contribution in [2.24, 2.45) is 0 Å². The molecule has 15 heavy (non-hydrogen) atoms. The van der Waals surface area contributed by atoms with E-state index in [4.69, 9.17) is 10.00 Å². The van der Waals surface area contributed by atoms with Crippen LogP contribution in [0.4, 0.5) is 0 Å². The molecule has 1 rings (SSSR count). The van der Waals surface area contributed by atoms with E-state index in [2.05, 4.69) is 26.0 Å². The number of nitrogens with zero attached hydrogens (tertiary/aromatic N) is 1. The predicted octanol–water partition coefficient (Wildman–Crippen LogP) is 3.32. The maximum Gasteiger partial charge on any atom is 0.132 e. The van der Waals surface area contributed by atoms with Crippen LogP contribution in [0.3, 0.4) is 0 Å². The van der Waals surface area contributed by atoms with E-state index >= 15 is 0 Å². The van der Waals surface area contributed by atoms with Crippen LogP contribution in [0.5, 0.6) is 5.75 Å². The molecule has 80 valence electrons. The first-order chi connectivity index (χ1) is 7.19. The van der Waals surface area contributed by atoms with E-state index in [0.29, 0.717) is 6.42 Å². The van der Waals surface area contributed by atoms with Crippen LogP contribution in [0, 0.1) is 25.2 Å². The highest BCUT2D eigenvalue weighted by Crippen LogP contribution is 2.32. The zero-order valence-corrected chi connectivity index (χ0v) is 10.1. The highest BCUT2D eigenvalue weighted by Gasteiger charge is 2.05. The monoisotopic (exact) mass is 221 g/mol. The summed E-state index contributed by atoms with van der Waals surface area (Å²) in [6.07, 6.45) is 0.570. The van der Waals surface area contributed by atoms with Crippen molar-refractivity contribution in [3.05, 3.63) is 23.3 Å². The van der Waals surface area contributed by atoms with Gasteiger partial charge in [-0.25, -0.2) is 0 Å². The fourth-order valence-electron chi connectivity index (χ4n) is 1.24. The Labute approximate surface area is 95.3 Å². The van der Waals surface area contributed by atoms with E-state index in [-0.39, 0.29) is 0 Å². The molecular formula is C12H15NOS. The molecule has 0 spiro atoms. The Morgan fingerprint density at radius 2 is 2.00 bits per heavy atom. The summed E-state index contributed by atoms with van der Waals surface area (Å²) in [7, 11) is 1.68. The number of nitriles is 1. The van der Waals surface area contributed by atoms with Gasteiger partial charge in [-0.05, 0) is 37.1 Å². The largest absolute Gasteiger partial charge is 0.496 e. The molecule has 0 aliphatic rings. The fraction of sp³-hybridized carbons (Fsp3) is 0.417. The summed E-state index contributed by atoms with van der Waals surface area (Å²) < 4.78 is 5.31. The van der Waals surface area contributed by atoms with Gasteiger partial charge in [0.2, 0.25) is 0 Å². The lowest BCUT2D eigenvalue weighted by Crippen LogP contribution is -1.91. The fourth-order valence-corrected chi connectivity index (χ4v) is 2.20. The molecule has 1 aromatic carbocycles. The first-order valence-corrected chi connectivity index (χ1v) is 5.82. The van der Waals surface area contributed by atoms with E-state index in [9.17, 15) is 0 Å². The SMILES string of the molecule is COc1cc(C)c(C)cc1SCCC#N. The Hall–Kier alpha value is -1.14. The minimum Gasteiger partial charge on any atom is -0.496 e. The minimum absolute atomic E-state index is 0.570. The second-order valence-electron chi connectivity index (χ2n) is 3.34. The van der Waals surface area contributed by atoms with Crippen molar-refractivity contribution in [3.8, 4) is 11.8 Å². The van der Waals surface area contributed by atoms with Crippen molar-refractivity contribution in [2.45, 2.75) is 25.2 Å². The molecule has 2 nitrogen and oxygen atoms in total. The van der Waals surface area contributed by atoms with Crippen LogP contribution in [0.25, 0.3) is 0 Å². The molecule has 0 saturated carbocycles. The van der Waals surface area contributed by atoms with Gasteiger partial charge in [0.15, 0.2) is 0 Å². The lowest BCUT2D eigenvalue weighted by atomic mass is 10.1. The van der Waals surface area contributed by atoms with Crippen LogP contribution < -0.4 is 4.74 Å². The summed E-state index contributed by atoms with van der Waals surface area (Å²) in [6.45, 7) is 4.16. The Kier molecular flexibility index (Phi) is 4.51. The first kappa shape index (κ1) is 11.9. The van der Waals surface area contributed by atoms with Crippen LogP contribution in [0.2, 0.25) is 0 Å². The van der Waals surface area contributed by atoms with Crippen LogP contribution >= 0.6 is 11.8 Å². The van der Waals surface area contributed by atoms with Crippen molar-refractivity contribution in [1.29, 1.82) is 5.26 Å². The molecular weight excluding hydrogens is 206 g/mol. The van der Waals surface area contributed by atoms with Crippen molar-refractivity contribution in [1.82, 2.24) is 0 Å². The summed E-state index contributed by atoms with van der Waals surface area (Å²) in [5.41, 5.74) is 2.49. The molecule has 0 radical (unpaired) electrons. The van der Waals surface area contributed by atoms with Crippen molar-refractivity contribution < 1.29 is 4.74 Å². The van der Waals surface area contributed by atoms with Crippen molar-refractivity contribution in [3.63, 3.8) is 0 Å².